The summed E-state index contributed by atoms with van der Waals surface area (Å²) in [7, 11) is 0. The lowest BCUT2D eigenvalue weighted by Crippen LogP contribution is -2.03. The van der Waals surface area contributed by atoms with Gasteiger partial charge in [0, 0.05) is 29.0 Å². The summed E-state index contributed by atoms with van der Waals surface area (Å²) < 4.78 is 0. The minimum Gasteiger partial charge on any atom is -0.397 e. The minimum absolute atomic E-state index is 0.0311. The lowest BCUT2D eigenvalue weighted by Gasteiger charge is -2.04. The Morgan fingerprint density at radius 3 is 1.69 bits per heavy atom. The highest BCUT2D eigenvalue weighted by molar-refractivity contribution is 6.35. The van der Waals surface area contributed by atoms with Crippen LogP contribution in [0.1, 0.15) is 61.8 Å². The molecule has 6 rings (SSSR count). The number of amides is 1. The minimum atomic E-state index is -0.0311. The molecule has 4 heteroatoms. The van der Waals surface area contributed by atoms with Gasteiger partial charge in [-0.1, -0.05) is 77.9 Å². The van der Waals surface area contributed by atoms with Gasteiger partial charge in [-0.15, -0.1) is 0 Å². The van der Waals surface area contributed by atoms with Crippen molar-refractivity contribution in [3.63, 3.8) is 0 Å². The third kappa shape index (κ3) is 6.19. The van der Waals surface area contributed by atoms with Crippen molar-refractivity contribution in [2.75, 3.05) is 11.9 Å². The van der Waals surface area contributed by atoms with E-state index in [1.807, 2.05) is 42.5 Å². The lowest BCUT2D eigenvalue weighted by atomic mass is 9.98. The van der Waals surface area contributed by atoms with Crippen LogP contribution in [0.2, 0.25) is 0 Å². The van der Waals surface area contributed by atoms with E-state index in [4.69, 9.17) is 5.11 Å². The van der Waals surface area contributed by atoms with Crippen molar-refractivity contribution in [2.24, 2.45) is 0 Å². The van der Waals surface area contributed by atoms with Crippen LogP contribution in [0, 0.1) is 41.5 Å². The van der Waals surface area contributed by atoms with Gasteiger partial charge in [0.25, 0.3) is 5.91 Å². The van der Waals surface area contributed by atoms with Gasteiger partial charge in [0.15, 0.2) is 6.29 Å². The number of anilines is 1. The first kappa shape index (κ1) is 30.4. The van der Waals surface area contributed by atoms with Crippen molar-refractivity contribution in [1.82, 2.24) is 0 Å². The number of benzene rings is 1. The summed E-state index contributed by atoms with van der Waals surface area (Å²) in [5.74, 6) is -0.0311. The van der Waals surface area contributed by atoms with Gasteiger partial charge < -0.3 is 10.4 Å². The molecule has 0 unspecified atom stereocenters. The predicted molar refractivity (Wildman–Crippen MR) is 176 cm³/mol. The van der Waals surface area contributed by atoms with Crippen molar-refractivity contribution < 1.29 is 14.7 Å². The molecule has 1 aliphatic heterocycles. The quantitative estimate of drug-likeness (QED) is 0.168. The van der Waals surface area contributed by atoms with E-state index in [0.29, 0.717) is 0 Å². The van der Waals surface area contributed by atoms with E-state index >= 15 is 0 Å². The van der Waals surface area contributed by atoms with E-state index in [-0.39, 0.29) is 12.5 Å². The Bertz CT molecular complexity index is 1740. The van der Waals surface area contributed by atoms with Gasteiger partial charge in [-0.05, 0) is 111 Å². The van der Waals surface area contributed by atoms with Crippen molar-refractivity contribution in [3.05, 3.63) is 123 Å². The number of hydrogen-bond donors (Lipinski definition) is 2. The van der Waals surface area contributed by atoms with Crippen LogP contribution in [0.4, 0.5) is 5.69 Å². The molecule has 2 N–H and O–H groups in total. The number of rotatable bonds is 2. The fourth-order valence-corrected chi connectivity index (χ4v) is 5.93. The molecule has 0 radical (unpaired) electrons. The lowest BCUT2D eigenvalue weighted by molar-refractivity contribution is -0.110. The second-order valence-electron chi connectivity index (χ2n) is 10.9. The summed E-state index contributed by atoms with van der Waals surface area (Å²) in [6.07, 6.45) is 2.95. The standard InChI is InChI=1S/C22H19NO.C14H14O.C2H6O/c1-13-10-14(2)17-9-8-16(21(17)15(3)11-13)12-19-18-6-4-5-7-20(18)23-22(19)24;1-9-6-10(2)13-5-4-12(8-15)14(13)11(3)7-9;1-2-3/h4-12H,1-3H3,(H,23,24);4-8H,1-3H3;3H,2H2,1H3/b19-12+;;. The number of aliphatic hydroxyl groups is 1. The number of aryl methyl sites for hydroxylation is 6. The Kier molecular flexibility index (Phi) is 9.39. The molecule has 4 nitrogen and oxygen atoms in total. The highest BCUT2D eigenvalue weighted by Crippen LogP contribution is 2.38. The number of carbonyl (C=O) groups excluding carboxylic acids is 2. The Labute approximate surface area is 249 Å². The summed E-state index contributed by atoms with van der Waals surface area (Å²) >= 11 is 0. The first-order valence-electron chi connectivity index (χ1n) is 14.3. The fourth-order valence-electron chi connectivity index (χ4n) is 5.93. The summed E-state index contributed by atoms with van der Waals surface area (Å²) in [4.78, 5) is 23.3. The third-order valence-corrected chi connectivity index (χ3v) is 7.53. The molecule has 0 atom stereocenters. The van der Waals surface area contributed by atoms with E-state index in [2.05, 4.69) is 83.3 Å². The topological polar surface area (TPSA) is 66.4 Å². The molecule has 1 heterocycles. The van der Waals surface area contributed by atoms with Crippen LogP contribution in [0.5, 0.6) is 0 Å². The maximum atomic E-state index is 12.4. The van der Waals surface area contributed by atoms with Crippen molar-refractivity contribution >= 4 is 29.5 Å². The Morgan fingerprint density at radius 1 is 0.667 bits per heavy atom. The molecule has 0 aromatic heterocycles. The smallest absolute Gasteiger partial charge is 0.256 e. The van der Waals surface area contributed by atoms with Crippen LogP contribution in [-0.4, -0.2) is 23.9 Å². The number of para-hydroxylation sites is 1. The Balaban J connectivity index is 0.000000193. The van der Waals surface area contributed by atoms with E-state index < -0.39 is 0 Å². The van der Waals surface area contributed by atoms with Gasteiger partial charge in [0.1, 0.15) is 0 Å². The van der Waals surface area contributed by atoms with E-state index in [0.717, 1.165) is 39.8 Å². The molecule has 5 aliphatic rings. The van der Waals surface area contributed by atoms with Crippen LogP contribution in [0.25, 0.3) is 33.9 Å². The Hall–Kier alpha value is -4.54. The summed E-state index contributed by atoms with van der Waals surface area (Å²) in [6, 6.07) is 24.7. The maximum absolute atomic E-state index is 12.4. The van der Waals surface area contributed by atoms with Gasteiger partial charge in [0.2, 0.25) is 0 Å². The number of aliphatic hydroxyl groups excluding tert-OH is 1. The molecule has 214 valence electrons. The zero-order valence-electron chi connectivity index (χ0n) is 25.6. The predicted octanol–water partition coefficient (Wildman–Crippen LogP) is 8.74. The number of hydrogen-bond acceptors (Lipinski definition) is 3. The molecular formula is C38H39NO3. The largest absolute Gasteiger partial charge is 0.397 e. The highest BCUT2D eigenvalue weighted by Gasteiger charge is 2.24. The van der Waals surface area contributed by atoms with Crippen LogP contribution >= 0.6 is 0 Å². The fraction of sp³-hybridized carbons (Fsp3) is 0.211. The van der Waals surface area contributed by atoms with Crippen LogP contribution in [0.3, 0.4) is 0 Å². The molecule has 0 saturated carbocycles. The molecule has 4 aliphatic carbocycles. The van der Waals surface area contributed by atoms with Crippen molar-refractivity contribution in [1.29, 1.82) is 0 Å². The first-order valence-corrected chi connectivity index (χ1v) is 14.3. The van der Waals surface area contributed by atoms with Crippen LogP contribution in [0.15, 0.2) is 72.8 Å². The monoisotopic (exact) mass is 557 g/mol. The molecule has 1 amide bonds. The SMILES string of the molecule is CCO.Cc1cc(C)c2ccc(/C=C3/C(=O)Nc4ccccc43)c-2c(C)c1.Cc1cc(C)c2ccc(C=O)c-2c(C)c1. The number of fused-ring (bicyclic) bond motifs is 3. The van der Waals surface area contributed by atoms with E-state index in [9.17, 15) is 9.59 Å². The van der Waals surface area contributed by atoms with Crippen LogP contribution < -0.4 is 5.32 Å². The maximum Gasteiger partial charge on any atom is 0.256 e. The average Bonchev–Trinajstić information content (AvgIpc) is 3.61. The highest BCUT2D eigenvalue weighted by atomic mass is 16.2. The Morgan fingerprint density at radius 2 is 1.14 bits per heavy atom. The second-order valence-corrected chi connectivity index (χ2v) is 10.9. The number of nitrogens with one attached hydrogen (secondary N) is 1. The zero-order valence-corrected chi connectivity index (χ0v) is 25.6. The van der Waals surface area contributed by atoms with Gasteiger partial charge in [-0.25, -0.2) is 0 Å². The number of carbonyl (C=O) groups is 2. The molecule has 1 aromatic rings. The molecular weight excluding hydrogens is 518 g/mol. The third-order valence-electron chi connectivity index (χ3n) is 7.53. The molecule has 0 bridgehead atoms. The molecule has 0 spiro atoms. The molecule has 1 aromatic carbocycles. The first-order chi connectivity index (χ1) is 20.1. The van der Waals surface area contributed by atoms with Crippen LogP contribution in [-0.2, 0) is 4.79 Å². The molecule has 0 saturated heterocycles. The molecule has 0 fully saturated rings. The molecule has 42 heavy (non-hydrogen) atoms. The number of aldehydes is 1. The zero-order chi connectivity index (χ0) is 30.6. The van der Waals surface area contributed by atoms with Gasteiger partial charge >= 0.3 is 0 Å². The van der Waals surface area contributed by atoms with Gasteiger partial charge in [0.05, 0.1) is 0 Å². The normalized spacial score (nSPS) is 12.8. The van der Waals surface area contributed by atoms with Crippen molar-refractivity contribution in [3.8, 4) is 22.3 Å². The summed E-state index contributed by atoms with van der Waals surface area (Å²) in [5, 5.41) is 10.5. The second kappa shape index (κ2) is 13.0. The van der Waals surface area contributed by atoms with Gasteiger partial charge in [-0.2, -0.15) is 0 Å². The van der Waals surface area contributed by atoms with Crippen molar-refractivity contribution in [2.45, 2.75) is 48.5 Å². The van der Waals surface area contributed by atoms with E-state index in [1.54, 1.807) is 6.92 Å². The van der Waals surface area contributed by atoms with Gasteiger partial charge in [-0.3, -0.25) is 9.59 Å². The summed E-state index contributed by atoms with van der Waals surface area (Å²) in [6.45, 7) is 14.6. The average molecular weight is 558 g/mol. The van der Waals surface area contributed by atoms with E-state index in [1.165, 1.54) is 50.1 Å². The summed E-state index contributed by atoms with van der Waals surface area (Å²) in [5.41, 5.74) is 16.6.